The first kappa shape index (κ1) is 19.1. The number of rotatable bonds is 5. The number of hydrogen-bond acceptors (Lipinski definition) is 4. The smallest absolute Gasteiger partial charge is 0.338 e. The van der Waals surface area contributed by atoms with Crippen molar-refractivity contribution in [3.05, 3.63) is 64.1 Å². The summed E-state index contributed by atoms with van der Waals surface area (Å²) in [5.41, 5.74) is 1.62. The molecule has 0 heterocycles. The van der Waals surface area contributed by atoms with E-state index in [1.807, 2.05) is 6.92 Å². The van der Waals surface area contributed by atoms with Gasteiger partial charge in [0.1, 0.15) is 0 Å². The molecule has 2 aromatic carbocycles. The lowest BCUT2D eigenvalue weighted by Crippen LogP contribution is -2.34. The number of amides is 1. The third kappa shape index (κ3) is 5.95. The lowest BCUT2D eigenvalue weighted by Gasteiger charge is -2.10. The Morgan fingerprint density at radius 1 is 1.04 bits per heavy atom. The Morgan fingerprint density at radius 2 is 1.64 bits per heavy atom. The standard InChI is InChI=1S/C18H17BrN2O3S/c1-2-11-24-17(23)13-5-9-15(10-6-13)20-18(25)21-16(22)12-3-7-14(19)8-4-12/h3-10H,2,11H2,1H3,(H2,20,21,22,25). The Morgan fingerprint density at radius 3 is 2.24 bits per heavy atom. The van der Waals surface area contributed by atoms with Crippen molar-refractivity contribution in [1.29, 1.82) is 0 Å². The van der Waals surface area contributed by atoms with Gasteiger partial charge < -0.3 is 10.1 Å². The van der Waals surface area contributed by atoms with E-state index in [1.165, 1.54) is 0 Å². The second kappa shape index (κ2) is 9.29. The SMILES string of the molecule is CCCOC(=O)c1ccc(NC(=S)NC(=O)c2ccc(Br)cc2)cc1. The number of esters is 1. The number of carbonyl (C=O) groups is 2. The number of anilines is 1. The molecule has 0 saturated heterocycles. The van der Waals surface area contributed by atoms with Crippen LogP contribution in [-0.2, 0) is 4.74 Å². The molecular weight excluding hydrogens is 404 g/mol. The van der Waals surface area contributed by atoms with Crippen molar-refractivity contribution in [2.24, 2.45) is 0 Å². The number of ether oxygens (including phenoxy) is 1. The molecule has 0 bridgehead atoms. The highest BCUT2D eigenvalue weighted by Gasteiger charge is 2.09. The van der Waals surface area contributed by atoms with E-state index < -0.39 is 0 Å². The Bertz CT molecular complexity index is 761. The van der Waals surface area contributed by atoms with Crippen LogP contribution in [0.25, 0.3) is 0 Å². The summed E-state index contributed by atoms with van der Waals surface area (Å²) < 4.78 is 5.95. The Balaban J connectivity index is 1.90. The summed E-state index contributed by atoms with van der Waals surface area (Å²) in [5, 5.41) is 5.68. The van der Waals surface area contributed by atoms with Gasteiger partial charge in [-0.1, -0.05) is 22.9 Å². The molecule has 7 heteroatoms. The molecule has 0 radical (unpaired) electrons. The molecule has 5 nitrogen and oxygen atoms in total. The molecule has 0 aliphatic heterocycles. The largest absolute Gasteiger partial charge is 0.462 e. The maximum Gasteiger partial charge on any atom is 0.338 e. The van der Waals surface area contributed by atoms with Crippen LogP contribution in [0.4, 0.5) is 5.69 Å². The van der Waals surface area contributed by atoms with E-state index in [-0.39, 0.29) is 17.0 Å². The minimum absolute atomic E-state index is 0.175. The second-order valence-electron chi connectivity index (χ2n) is 5.13. The van der Waals surface area contributed by atoms with Crippen LogP contribution in [0, 0.1) is 0 Å². The van der Waals surface area contributed by atoms with Crippen LogP contribution >= 0.6 is 28.1 Å². The normalized spacial score (nSPS) is 10.0. The molecule has 2 rings (SSSR count). The van der Waals surface area contributed by atoms with E-state index in [9.17, 15) is 9.59 Å². The molecule has 130 valence electrons. The van der Waals surface area contributed by atoms with Crippen LogP contribution in [0.15, 0.2) is 53.0 Å². The summed E-state index contributed by atoms with van der Waals surface area (Å²) in [6, 6.07) is 13.6. The number of hydrogen-bond donors (Lipinski definition) is 2. The molecule has 2 N–H and O–H groups in total. The summed E-state index contributed by atoms with van der Waals surface area (Å²) >= 11 is 8.45. The third-order valence-electron chi connectivity index (χ3n) is 3.15. The van der Waals surface area contributed by atoms with Crippen LogP contribution in [0.1, 0.15) is 34.1 Å². The van der Waals surface area contributed by atoms with Gasteiger partial charge in [-0.2, -0.15) is 0 Å². The van der Waals surface area contributed by atoms with Gasteiger partial charge >= 0.3 is 5.97 Å². The van der Waals surface area contributed by atoms with Gasteiger partial charge in [-0.05, 0) is 67.2 Å². The van der Waals surface area contributed by atoms with Crippen molar-refractivity contribution in [3.63, 3.8) is 0 Å². The van der Waals surface area contributed by atoms with Gasteiger partial charge in [-0.15, -0.1) is 0 Å². The number of benzene rings is 2. The molecule has 2 aromatic rings. The lowest BCUT2D eigenvalue weighted by atomic mass is 10.2. The summed E-state index contributed by atoms with van der Waals surface area (Å²) in [6.45, 7) is 2.33. The zero-order valence-electron chi connectivity index (χ0n) is 13.5. The van der Waals surface area contributed by atoms with Gasteiger partial charge in [-0.25, -0.2) is 4.79 Å². The summed E-state index contributed by atoms with van der Waals surface area (Å²) in [5.74, 6) is -0.663. The molecule has 0 fully saturated rings. The van der Waals surface area contributed by atoms with Gasteiger partial charge in [0.15, 0.2) is 5.11 Å². The van der Waals surface area contributed by atoms with E-state index in [4.69, 9.17) is 17.0 Å². The maximum atomic E-state index is 12.1. The number of carbonyl (C=O) groups excluding carboxylic acids is 2. The van der Waals surface area contributed by atoms with E-state index in [0.29, 0.717) is 23.4 Å². The Hall–Kier alpha value is -2.25. The van der Waals surface area contributed by atoms with E-state index in [2.05, 4.69) is 26.6 Å². The van der Waals surface area contributed by atoms with E-state index in [0.717, 1.165) is 10.9 Å². The van der Waals surface area contributed by atoms with Crippen LogP contribution in [0.3, 0.4) is 0 Å². The molecule has 0 aromatic heterocycles. The highest BCUT2D eigenvalue weighted by atomic mass is 79.9. The predicted octanol–water partition coefficient (Wildman–Crippen LogP) is 4.14. The highest BCUT2D eigenvalue weighted by Crippen LogP contribution is 2.12. The fraction of sp³-hybridized carbons (Fsp3) is 0.167. The van der Waals surface area contributed by atoms with E-state index in [1.54, 1.807) is 48.5 Å². The first-order chi connectivity index (χ1) is 12.0. The topological polar surface area (TPSA) is 67.4 Å². The van der Waals surface area contributed by atoms with Crippen LogP contribution in [0.2, 0.25) is 0 Å². The monoisotopic (exact) mass is 420 g/mol. The van der Waals surface area contributed by atoms with Crippen molar-refractivity contribution in [1.82, 2.24) is 5.32 Å². The third-order valence-corrected chi connectivity index (χ3v) is 3.88. The number of halogens is 1. The number of nitrogens with one attached hydrogen (secondary N) is 2. The van der Waals surface area contributed by atoms with Crippen molar-refractivity contribution in [3.8, 4) is 0 Å². The second-order valence-corrected chi connectivity index (χ2v) is 6.45. The Kier molecular flexibility index (Phi) is 7.09. The fourth-order valence-electron chi connectivity index (χ4n) is 1.91. The average Bonchev–Trinajstić information content (AvgIpc) is 2.60. The van der Waals surface area contributed by atoms with Crippen molar-refractivity contribution < 1.29 is 14.3 Å². The van der Waals surface area contributed by atoms with Crippen LogP contribution < -0.4 is 10.6 Å². The molecule has 25 heavy (non-hydrogen) atoms. The summed E-state index contributed by atoms with van der Waals surface area (Å²) in [4.78, 5) is 23.8. The lowest BCUT2D eigenvalue weighted by molar-refractivity contribution is 0.0505. The quantitative estimate of drug-likeness (QED) is 0.561. The van der Waals surface area contributed by atoms with Crippen LogP contribution in [0.5, 0.6) is 0 Å². The van der Waals surface area contributed by atoms with Gasteiger partial charge in [0.2, 0.25) is 0 Å². The van der Waals surface area contributed by atoms with Crippen LogP contribution in [-0.4, -0.2) is 23.6 Å². The molecule has 0 aliphatic rings. The average molecular weight is 421 g/mol. The maximum absolute atomic E-state index is 12.1. The molecule has 0 saturated carbocycles. The molecule has 0 spiro atoms. The summed E-state index contributed by atoms with van der Waals surface area (Å²) in [6.07, 6.45) is 0.776. The number of thiocarbonyl (C=S) groups is 1. The van der Waals surface area contributed by atoms with Crippen molar-refractivity contribution >= 4 is 50.8 Å². The van der Waals surface area contributed by atoms with Crippen molar-refractivity contribution in [2.45, 2.75) is 13.3 Å². The first-order valence-corrected chi connectivity index (χ1v) is 8.85. The summed E-state index contributed by atoms with van der Waals surface area (Å²) in [7, 11) is 0. The fourth-order valence-corrected chi connectivity index (χ4v) is 2.38. The minimum Gasteiger partial charge on any atom is -0.462 e. The molecule has 0 aliphatic carbocycles. The van der Waals surface area contributed by atoms with Gasteiger partial charge in [-0.3, -0.25) is 10.1 Å². The molecule has 0 atom stereocenters. The van der Waals surface area contributed by atoms with Gasteiger partial charge in [0, 0.05) is 15.7 Å². The molecule has 0 unspecified atom stereocenters. The van der Waals surface area contributed by atoms with Gasteiger partial charge in [0.25, 0.3) is 5.91 Å². The highest BCUT2D eigenvalue weighted by molar-refractivity contribution is 9.10. The molecular formula is C18H17BrN2O3S. The minimum atomic E-state index is -0.362. The van der Waals surface area contributed by atoms with Crippen molar-refractivity contribution in [2.75, 3.05) is 11.9 Å². The zero-order valence-corrected chi connectivity index (χ0v) is 15.9. The van der Waals surface area contributed by atoms with Gasteiger partial charge in [0.05, 0.1) is 12.2 Å². The Labute approximate surface area is 159 Å². The zero-order chi connectivity index (χ0) is 18.2. The predicted molar refractivity (Wildman–Crippen MR) is 105 cm³/mol. The molecule has 1 amide bonds. The van der Waals surface area contributed by atoms with E-state index >= 15 is 0 Å². The first-order valence-electron chi connectivity index (χ1n) is 7.64.